The molecule has 6 nitrogen and oxygen atoms in total. The van der Waals surface area contributed by atoms with Gasteiger partial charge in [-0.2, -0.15) is 0 Å². The van der Waals surface area contributed by atoms with E-state index in [0.29, 0.717) is 28.4 Å². The van der Waals surface area contributed by atoms with E-state index in [1.54, 1.807) is 13.3 Å². The van der Waals surface area contributed by atoms with E-state index in [4.69, 9.17) is 4.74 Å². The van der Waals surface area contributed by atoms with Crippen molar-refractivity contribution in [1.29, 1.82) is 0 Å². The third-order valence-corrected chi connectivity index (χ3v) is 5.23. The average molecular weight is 334 g/mol. The van der Waals surface area contributed by atoms with E-state index in [1.165, 1.54) is 23.1 Å². The Bertz CT molecular complexity index is 798. The van der Waals surface area contributed by atoms with Crippen LogP contribution in [0.1, 0.15) is 29.4 Å². The van der Waals surface area contributed by atoms with Crippen molar-refractivity contribution in [3.63, 3.8) is 0 Å². The summed E-state index contributed by atoms with van der Waals surface area (Å²) in [4.78, 5) is 29.3. The van der Waals surface area contributed by atoms with E-state index in [0.717, 1.165) is 28.9 Å². The molecule has 1 aliphatic heterocycles. The van der Waals surface area contributed by atoms with Gasteiger partial charge in [0, 0.05) is 6.04 Å². The Labute approximate surface area is 135 Å². The Morgan fingerprint density at radius 2 is 2.32 bits per heavy atom. The smallest absolute Gasteiger partial charge is 0.350 e. The van der Waals surface area contributed by atoms with Crippen LogP contribution in [0.25, 0.3) is 10.2 Å². The number of nitrogens with zero attached hydrogens (tertiary/aromatic N) is 4. The van der Waals surface area contributed by atoms with Gasteiger partial charge in [0.15, 0.2) is 5.16 Å². The Hall–Kier alpha value is -1.67. The van der Waals surface area contributed by atoms with E-state index >= 15 is 0 Å². The second-order valence-electron chi connectivity index (χ2n) is 5.10. The highest BCUT2D eigenvalue weighted by molar-refractivity contribution is 7.98. The first kappa shape index (κ1) is 14.0. The van der Waals surface area contributed by atoms with E-state index in [2.05, 4.69) is 19.9 Å². The molecule has 2 aromatic heterocycles. The molecule has 0 spiro atoms. The Morgan fingerprint density at radius 1 is 1.50 bits per heavy atom. The second-order valence-corrected chi connectivity index (χ2v) is 6.87. The minimum absolute atomic E-state index is 0.339. The molecule has 4 rings (SSSR count). The van der Waals surface area contributed by atoms with Crippen LogP contribution in [0.4, 0.5) is 11.5 Å². The number of esters is 1. The largest absolute Gasteiger partial charge is 0.462 e. The zero-order chi connectivity index (χ0) is 15.3. The van der Waals surface area contributed by atoms with E-state index in [-0.39, 0.29) is 5.97 Å². The molecule has 0 saturated heterocycles. The van der Waals surface area contributed by atoms with Gasteiger partial charge >= 0.3 is 5.97 Å². The molecule has 1 saturated carbocycles. The summed E-state index contributed by atoms with van der Waals surface area (Å²) < 4.78 is 5.14. The highest BCUT2D eigenvalue weighted by Gasteiger charge is 2.35. The van der Waals surface area contributed by atoms with Crippen LogP contribution in [0, 0.1) is 0 Å². The first-order valence-corrected chi connectivity index (χ1v) is 9.15. The maximum atomic E-state index is 12.2. The van der Waals surface area contributed by atoms with E-state index in [9.17, 15) is 4.79 Å². The van der Waals surface area contributed by atoms with Gasteiger partial charge in [-0.25, -0.2) is 19.8 Å². The van der Waals surface area contributed by atoms with E-state index < -0.39 is 0 Å². The highest BCUT2D eigenvalue weighted by atomic mass is 32.2. The predicted molar refractivity (Wildman–Crippen MR) is 88.8 cm³/mol. The lowest BCUT2D eigenvalue weighted by Gasteiger charge is -2.22. The van der Waals surface area contributed by atoms with Crippen molar-refractivity contribution < 1.29 is 9.53 Å². The maximum absolute atomic E-state index is 12.2. The minimum Gasteiger partial charge on any atom is -0.462 e. The van der Waals surface area contributed by atoms with Crippen LogP contribution < -0.4 is 4.90 Å². The normalized spacial score (nSPS) is 16.4. The molecule has 0 amide bonds. The zero-order valence-electron chi connectivity index (χ0n) is 12.2. The summed E-state index contributed by atoms with van der Waals surface area (Å²) in [6.07, 6.45) is 6.04. The van der Waals surface area contributed by atoms with Crippen molar-refractivity contribution in [2.75, 3.05) is 17.8 Å². The number of carbonyl (C=O) groups excluding carboxylic acids is 1. The lowest BCUT2D eigenvalue weighted by molar-refractivity contribution is 0.0533. The molecular weight excluding hydrogens is 320 g/mol. The number of carbonyl (C=O) groups is 1. The number of aromatic nitrogens is 2. The molecular formula is C14H14N4O2S2. The van der Waals surface area contributed by atoms with Gasteiger partial charge in [-0.1, -0.05) is 11.8 Å². The van der Waals surface area contributed by atoms with Gasteiger partial charge in [0.2, 0.25) is 0 Å². The minimum atomic E-state index is -0.339. The SMILES string of the molecule is CCOC(=O)c1sc2nc(SC)nc3c2c1N=CN3C1CC1. The average Bonchev–Trinajstić information content (AvgIpc) is 3.30. The maximum Gasteiger partial charge on any atom is 0.350 e. The van der Waals surface area contributed by atoms with Gasteiger partial charge in [-0.15, -0.1) is 11.3 Å². The summed E-state index contributed by atoms with van der Waals surface area (Å²) in [5, 5.41) is 1.59. The van der Waals surface area contributed by atoms with Gasteiger partial charge in [-0.05, 0) is 26.0 Å². The molecule has 0 unspecified atom stereocenters. The van der Waals surface area contributed by atoms with Gasteiger partial charge < -0.3 is 9.64 Å². The summed E-state index contributed by atoms with van der Waals surface area (Å²) in [6, 6.07) is 0.468. The molecule has 1 fully saturated rings. The number of aliphatic imine (C=N–C) groups is 1. The summed E-state index contributed by atoms with van der Waals surface area (Å²) in [7, 11) is 0. The third-order valence-electron chi connectivity index (χ3n) is 3.63. The fraction of sp³-hybridized carbons (Fsp3) is 0.429. The molecule has 22 heavy (non-hydrogen) atoms. The van der Waals surface area contributed by atoms with Crippen LogP contribution in [0.5, 0.6) is 0 Å². The lowest BCUT2D eigenvalue weighted by atomic mass is 10.2. The summed E-state index contributed by atoms with van der Waals surface area (Å²) in [6.45, 7) is 2.14. The van der Waals surface area contributed by atoms with Gasteiger partial charge in [-0.3, -0.25) is 0 Å². The van der Waals surface area contributed by atoms with Crippen molar-refractivity contribution >= 4 is 57.1 Å². The number of rotatable bonds is 4. The first-order chi connectivity index (χ1) is 10.7. The molecule has 1 aliphatic carbocycles. The van der Waals surface area contributed by atoms with Gasteiger partial charge in [0.25, 0.3) is 0 Å². The number of ether oxygens (including phenoxy) is 1. The zero-order valence-corrected chi connectivity index (χ0v) is 13.8. The number of anilines is 1. The molecule has 8 heteroatoms. The van der Waals surface area contributed by atoms with Gasteiger partial charge in [0.05, 0.1) is 18.3 Å². The Balaban J connectivity index is 1.93. The molecule has 114 valence electrons. The van der Waals surface area contributed by atoms with Crippen LogP contribution in [0.3, 0.4) is 0 Å². The number of thiophene rings is 1. The molecule has 0 N–H and O–H groups in total. The molecule has 2 aliphatic rings. The molecule has 0 bridgehead atoms. The number of hydrogen-bond acceptors (Lipinski definition) is 8. The van der Waals surface area contributed by atoms with Gasteiger partial charge in [0.1, 0.15) is 21.2 Å². The predicted octanol–water partition coefficient (Wildman–Crippen LogP) is 3.23. The van der Waals surface area contributed by atoms with Crippen molar-refractivity contribution in [3.8, 4) is 0 Å². The topological polar surface area (TPSA) is 67.7 Å². The highest BCUT2D eigenvalue weighted by Crippen LogP contribution is 2.46. The van der Waals surface area contributed by atoms with E-state index in [1.807, 2.05) is 6.26 Å². The Morgan fingerprint density at radius 3 is 3.00 bits per heavy atom. The van der Waals surface area contributed by atoms with Crippen molar-refractivity contribution in [2.24, 2.45) is 4.99 Å². The Kier molecular flexibility index (Phi) is 3.30. The number of hydrogen-bond donors (Lipinski definition) is 0. The molecule has 0 atom stereocenters. The second kappa shape index (κ2) is 5.20. The van der Waals surface area contributed by atoms with Crippen molar-refractivity contribution in [1.82, 2.24) is 9.97 Å². The summed E-state index contributed by atoms with van der Waals surface area (Å²) in [5.74, 6) is 0.530. The number of thioether (sulfide) groups is 1. The lowest BCUT2D eigenvalue weighted by Crippen LogP contribution is -2.26. The fourth-order valence-electron chi connectivity index (χ4n) is 2.48. The molecule has 3 heterocycles. The van der Waals surface area contributed by atoms with Crippen LogP contribution in [0.15, 0.2) is 10.1 Å². The quantitative estimate of drug-likeness (QED) is 0.486. The van der Waals surface area contributed by atoms with Crippen molar-refractivity contribution in [2.45, 2.75) is 31.0 Å². The molecule has 0 aromatic carbocycles. The monoisotopic (exact) mass is 334 g/mol. The summed E-state index contributed by atoms with van der Waals surface area (Å²) in [5.41, 5.74) is 0.651. The van der Waals surface area contributed by atoms with Crippen LogP contribution in [-0.2, 0) is 4.74 Å². The standard InChI is InChI=1S/C14H14N4O2S2/c1-3-20-13(19)10-9-8-11(18(6-15-9)7-4-5-7)16-14(21-2)17-12(8)22-10/h6-7H,3-5H2,1-2H3. The summed E-state index contributed by atoms with van der Waals surface area (Å²) >= 11 is 2.84. The third kappa shape index (κ3) is 2.09. The van der Waals surface area contributed by atoms with Crippen LogP contribution in [-0.4, -0.2) is 41.2 Å². The molecule has 2 aromatic rings. The van der Waals surface area contributed by atoms with Crippen LogP contribution in [0.2, 0.25) is 0 Å². The van der Waals surface area contributed by atoms with Crippen LogP contribution >= 0.6 is 23.1 Å². The fourth-order valence-corrected chi connectivity index (χ4v) is 3.91. The molecule has 0 radical (unpaired) electrons. The first-order valence-electron chi connectivity index (χ1n) is 7.11. The van der Waals surface area contributed by atoms with Crippen molar-refractivity contribution in [3.05, 3.63) is 4.88 Å².